The van der Waals surface area contributed by atoms with Gasteiger partial charge >= 0.3 is 0 Å². The van der Waals surface area contributed by atoms with Crippen LogP contribution in [0.2, 0.25) is 0 Å². The molecule has 1 N–H and O–H groups in total. The average Bonchev–Trinajstić information content (AvgIpc) is 3.05. The lowest BCUT2D eigenvalue weighted by molar-refractivity contribution is -0.127. The molecule has 0 saturated heterocycles. The summed E-state index contributed by atoms with van der Waals surface area (Å²) in [5.74, 6) is 1.33. The van der Waals surface area contributed by atoms with Crippen molar-refractivity contribution in [2.45, 2.75) is 45.1 Å². The minimum Gasteiger partial charge on any atom is -0.497 e. The number of nitrogens with zero attached hydrogens (tertiary/aromatic N) is 1. The quantitative estimate of drug-likeness (QED) is 0.450. The Hall–Kier alpha value is -2.27. The van der Waals surface area contributed by atoms with E-state index in [4.69, 9.17) is 4.74 Å². The molecule has 0 atom stereocenters. The summed E-state index contributed by atoms with van der Waals surface area (Å²) in [6, 6.07) is 14.7. The lowest BCUT2D eigenvalue weighted by Crippen LogP contribution is -2.35. The van der Waals surface area contributed by atoms with E-state index < -0.39 is 0 Å². The van der Waals surface area contributed by atoms with Gasteiger partial charge in [-0.15, -0.1) is 0 Å². The number of hydrogen-bond donors (Lipinski definition) is 1. The van der Waals surface area contributed by atoms with Crippen LogP contribution >= 0.6 is 15.9 Å². The first kappa shape index (κ1) is 21.0. The largest absolute Gasteiger partial charge is 0.497 e. The van der Waals surface area contributed by atoms with Crippen molar-refractivity contribution in [1.29, 1.82) is 0 Å². The Morgan fingerprint density at radius 1 is 1.17 bits per heavy atom. The summed E-state index contributed by atoms with van der Waals surface area (Å²) in [4.78, 5) is 12.1. The van der Waals surface area contributed by atoms with E-state index in [1.54, 1.807) is 7.11 Å². The van der Waals surface area contributed by atoms with E-state index in [1.807, 2.05) is 6.07 Å². The van der Waals surface area contributed by atoms with Gasteiger partial charge in [0, 0.05) is 40.6 Å². The first-order valence-electron chi connectivity index (χ1n) is 10.8. The van der Waals surface area contributed by atoms with Crippen molar-refractivity contribution in [2.75, 3.05) is 13.7 Å². The molecule has 1 aliphatic carbocycles. The molecule has 30 heavy (non-hydrogen) atoms. The fraction of sp³-hybridized carbons (Fsp3) is 0.400. The van der Waals surface area contributed by atoms with Crippen LogP contribution in [-0.2, 0) is 24.2 Å². The van der Waals surface area contributed by atoms with Crippen molar-refractivity contribution in [3.05, 3.63) is 64.3 Å². The molecule has 1 aliphatic rings. The SMILES string of the molecule is COc1ccc2c(c1)c(CCNC(=O)C1CCC1)cn2CCCc1ccccc1Br. The maximum Gasteiger partial charge on any atom is 0.223 e. The fourth-order valence-corrected chi connectivity index (χ4v) is 4.62. The highest BCUT2D eigenvalue weighted by Crippen LogP contribution is 2.28. The molecule has 2 aromatic carbocycles. The molecule has 1 saturated carbocycles. The number of ether oxygens (including phenoxy) is 1. The van der Waals surface area contributed by atoms with E-state index in [9.17, 15) is 4.79 Å². The number of carbonyl (C=O) groups is 1. The van der Waals surface area contributed by atoms with E-state index in [0.717, 1.165) is 44.4 Å². The van der Waals surface area contributed by atoms with Gasteiger partial charge in [0.25, 0.3) is 0 Å². The minimum absolute atomic E-state index is 0.219. The van der Waals surface area contributed by atoms with E-state index >= 15 is 0 Å². The lowest BCUT2D eigenvalue weighted by Gasteiger charge is -2.23. The van der Waals surface area contributed by atoms with Gasteiger partial charge in [-0.2, -0.15) is 0 Å². The van der Waals surface area contributed by atoms with Crippen LogP contribution in [0.4, 0.5) is 0 Å². The number of fused-ring (bicyclic) bond motifs is 1. The van der Waals surface area contributed by atoms with Crippen LogP contribution in [0, 0.1) is 5.92 Å². The van der Waals surface area contributed by atoms with Gasteiger partial charge < -0.3 is 14.6 Å². The molecule has 1 fully saturated rings. The number of carbonyl (C=O) groups excluding carboxylic acids is 1. The van der Waals surface area contributed by atoms with Crippen LogP contribution in [0.15, 0.2) is 53.1 Å². The summed E-state index contributed by atoms with van der Waals surface area (Å²) in [5.41, 5.74) is 3.83. The molecule has 4 nitrogen and oxygen atoms in total. The van der Waals surface area contributed by atoms with Crippen molar-refractivity contribution in [3.8, 4) is 5.75 Å². The number of nitrogens with one attached hydrogen (secondary N) is 1. The highest BCUT2D eigenvalue weighted by Gasteiger charge is 2.24. The van der Waals surface area contributed by atoms with Gasteiger partial charge in [0.1, 0.15) is 5.75 Å². The molecule has 0 unspecified atom stereocenters. The van der Waals surface area contributed by atoms with Crippen LogP contribution in [0.3, 0.4) is 0 Å². The molecule has 158 valence electrons. The van der Waals surface area contributed by atoms with Crippen molar-refractivity contribution in [3.63, 3.8) is 0 Å². The van der Waals surface area contributed by atoms with Gasteiger partial charge in [-0.3, -0.25) is 4.79 Å². The van der Waals surface area contributed by atoms with Crippen LogP contribution in [0.1, 0.15) is 36.8 Å². The van der Waals surface area contributed by atoms with Crippen LogP contribution < -0.4 is 10.1 Å². The molecule has 0 spiro atoms. The second-order valence-corrected chi connectivity index (χ2v) is 8.95. The molecule has 0 bridgehead atoms. The van der Waals surface area contributed by atoms with Crippen LogP contribution in [0.5, 0.6) is 5.75 Å². The topological polar surface area (TPSA) is 43.3 Å². The van der Waals surface area contributed by atoms with E-state index in [0.29, 0.717) is 6.54 Å². The summed E-state index contributed by atoms with van der Waals surface area (Å²) in [5, 5.41) is 4.34. The van der Waals surface area contributed by atoms with E-state index in [2.05, 4.69) is 68.4 Å². The van der Waals surface area contributed by atoms with Crippen molar-refractivity contribution >= 4 is 32.7 Å². The lowest BCUT2D eigenvalue weighted by atomic mass is 9.85. The second-order valence-electron chi connectivity index (χ2n) is 8.09. The normalized spacial score (nSPS) is 13.9. The van der Waals surface area contributed by atoms with Gasteiger partial charge in [0.15, 0.2) is 0 Å². The Balaban J connectivity index is 1.45. The molecular formula is C25H29BrN2O2. The second kappa shape index (κ2) is 9.69. The maximum absolute atomic E-state index is 12.1. The number of hydrogen-bond acceptors (Lipinski definition) is 2. The van der Waals surface area contributed by atoms with Gasteiger partial charge in [0.2, 0.25) is 5.91 Å². The minimum atomic E-state index is 0.219. The number of rotatable bonds is 9. The third kappa shape index (κ3) is 4.72. The molecule has 5 heteroatoms. The zero-order valence-electron chi connectivity index (χ0n) is 17.5. The van der Waals surface area contributed by atoms with Crippen molar-refractivity contribution in [1.82, 2.24) is 9.88 Å². The number of benzene rings is 2. The number of amides is 1. The monoisotopic (exact) mass is 468 g/mol. The number of aryl methyl sites for hydroxylation is 2. The highest BCUT2D eigenvalue weighted by atomic mass is 79.9. The molecule has 1 aromatic heterocycles. The standard InChI is InChI=1S/C25H29BrN2O2/c1-30-21-11-12-24-22(16-21)20(13-14-27-25(29)19-7-4-8-19)17-28(24)15-5-9-18-6-2-3-10-23(18)26/h2-3,6,10-12,16-17,19H,4-5,7-9,13-15H2,1H3,(H,27,29). The summed E-state index contributed by atoms with van der Waals surface area (Å²) in [6.45, 7) is 1.64. The predicted octanol–water partition coefficient (Wildman–Crippen LogP) is 5.50. The highest BCUT2D eigenvalue weighted by molar-refractivity contribution is 9.10. The van der Waals surface area contributed by atoms with Gasteiger partial charge in [-0.1, -0.05) is 40.5 Å². The molecule has 4 rings (SSSR count). The smallest absolute Gasteiger partial charge is 0.223 e. The Kier molecular flexibility index (Phi) is 6.78. The van der Waals surface area contributed by atoms with Crippen molar-refractivity contribution in [2.24, 2.45) is 5.92 Å². The Labute approximate surface area is 186 Å². The number of methoxy groups -OCH3 is 1. The molecule has 1 heterocycles. The molecule has 0 radical (unpaired) electrons. The number of halogens is 1. The third-order valence-electron chi connectivity index (χ3n) is 6.14. The third-order valence-corrected chi connectivity index (χ3v) is 6.92. The Morgan fingerprint density at radius 2 is 2.00 bits per heavy atom. The first-order valence-corrected chi connectivity index (χ1v) is 11.6. The molecule has 1 amide bonds. The van der Waals surface area contributed by atoms with Crippen molar-refractivity contribution < 1.29 is 9.53 Å². The van der Waals surface area contributed by atoms with E-state index in [-0.39, 0.29) is 11.8 Å². The summed E-state index contributed by atoms with van der Waals surface area (Å²) in [6.07, 6.45) is 8.45. The van der Waals surface area contributed by atoms with E-state index in [1.165, 1.54) is 32.9 Å². The first-order chi connectivity index (χ1) is 14.7. The Morgan fingerprint density at radius 3 is 2.73 bits per heavy atom. The summed E-state index contributed by atoms with van der Waals surface area (Å²) >= 11 is 3.65. The van der Waals surface area contributed by atoms with Gasteiger partial charge in [0.05, 0.1) is 7.11 Å². The summed E-state index contributed by atoms with van der Waals surface area (Å²) in [7, 11) is 1.70. The molecule has 3 aromatic rings. The molecule has 0 aliphatic heterocycles. The van der Waals surface area contributed by atoms with Gasteiger partial charge in [-0.05, 0) is 67.5 Å². The number of aromatic nitrogens is 1. The average molecular weight is 469 g/mol. The fourth-order valence-electron chi connectivity index (χ4n) is 4.14. The maximum atomic E-state index is 12.1. The van der Waals surface area contributed by atoms with Crippen LogP contribution in [-0.4, -0.2) is 24.1 Å². The van der Waals surface area contributed by atoms with Crippen LogP contribution in [0.25, 0.3) is 10.9 Å². The zero-order chi connectivity index (χ0) is 20.9. The van der Waals surface area contributed by atoms with Gasteiger partial charge in [-0.25, -0.2) is 0 Å². The molecular weight excluding hydrogens is 440 g/mol. The zero-order valence-corrected chi connectivity index (χ0v) is 19.1. The Bertz CT molecular complexity index is 1020. The summed E-state index contributed by atoms with van der Waals surface area (Å²) < 4.78 is 8.97. The predicted molar refractivity (Wildman–Crippen MR) is 125 cm³/mol.